The summed E-state index contributed by atoms with van der Waals surface area (Å²) < 4.78 is 10.7. The second kappa shape index (κ2) is 8.01. The van der Waals surface area contributed by atoms with Gasteiger partial charge in [-0.1, -0.05) is 0 Å². The van der Waals surface area contributed by atoms with Gasteiger partial charge in [-0.05, 0) is 52.2 Å². The highest BCUT2D eigenvalue weighted by molar-refractivity contribution is 5.92. The van der Waals surface area contributed by atoms with Gasteiger partial charge in [-0.3, -0.25) is 4.79 Å². The molecule has 0 saturated heterocycles. The van der Waals surface area contributed by atoms with Crippen molar-refractivity contribution in [2.45, 2.75) is 13.3 Å². The quantitative estimate of drug-likeness (QED) is 0.732. The van der Waals surface area contributed by atoms with Crippen LogP contribution in [0.2, 0.25) is 0 Å². The molecule has 8 nitrogen and oxygen atoms in total. The van der Waals surface area contributed by atoms with Crippen LogP contribution in [0.5, 0.6) is 11.5 Å². The van der Waals surface area contributed by atoms with Crippen LogP contribution in [-0.2, 0) is 0 Å². The number of carbonyl (C=O) groups is 1. The largest absolute Gasteiger partial charge is 0.454 e. The molecule has 3 rings (SSSR count). The molecular weight excluding hydrogens is 334 g/mol. The highest BCUT2D eigenvalue weighted by Gasteiger charge is 2.15. The highest BCUT2D eigenvalue weighted by Crippen LogP contribution is 2.34. The van der Waals surface area contributed by atoms with Crippen molar-refractivity contribution < 1.29 is 14.3 Å². The zero-order valence-corrected chi connectivity index (χ0v) is 15.2. The Hall–Kier alpha value is -2.87. The van der Waals surface area contributed by atoms with Crippen LogP contribution in [0, 0.1) is 6.92 Å². The smallest absolute Gasteiger partial charge is 0.270 e. The molecule has 1 aliphatic rings. The van der Waals surface area contributed by atoms with Gasteiger partial charge in [-0.15, -0.1) is 0 Å². The molecule has 0 bridgehead atoms. The van der Waals surface area contributed by atoms with Crippen molar-refractivity contribution in [1.29, 1.82) is 0 Å². The Labute approximate surface area is 152 Å². The van der Waals surface area contributed by atoms with E-state index < -0.39 is 0 Å². The van der Waals surface area contributed by atoms with Crippen molar-refractivity contribution in [1.82, 2.24) is 20.2 Å². The lowest BCUT2D eigenvalue weighted by Gasteiger charge is -2.11. The summed E-state index contributed by atoms with van der Waals surface area (Å²) >= 11 is 0. The van der Waals surface area contributed by atoms with Crippen LogP contribution in [-0.4, -0.2) is 54.8 Å². The molecular formula is C18H23N5O3. The molecule has 2 N–H and O–H groups in total. The molecule has 1 aromatic carbocycles. The van der Waals surface area contributed by atoms with E-state index in [2.05, 4.69) is 25.5 Å². The normalized spacial score (nSPS) is 12.3. The Morgan fingerprint density at radius 2 is 2.00 bits per heavy atom. The van der Waals surface area contributed by atoms with E-state index in [-0.39, 0.29) is 12.7 Å². The first kappa shape index (κ1) is 17.9. The maximum Gasteiger partial charge on any atom is 0.270 e. The third-order valence-electron chi connectivity index (χ3n) is 3.78. The molecule has 26 heavy (non-hydrogen) atoms. The Balaban J connectivity index is 1.66. The summed E-state index contributed by atoms with van der Waals surface area (Å²) in [6.07, 6.45) is 0.880. The number of amides is 1. The molecule has 0 saturated carbocycles. The van der Waals surface area contributed by atoms with Gasteiger partial charge in [-0.25, -0.2) is 9.97 Å². The predicted molar refractivity (Wildman–Crippen MR) is 98.1 cm³/mol. The number of rotatable bonds is 7. The molecule has 0 unspecified atom stereocenters. The topological polar surface area (TPSA) is 88.6 Å². The number of ether oxygens (including phenoxy) is 2. The zero-order chi connectivity index (χ0) is 18.5. The third-order valence-corrected chi connectivity index (χ3v) is 3.78. The first-order valence-electron chi connectivity index (χ1n) is 8.46. The highest BCUT2D eigenvalue weighted by atomic mass is 16.7. The number of anilines is 2. The van der Waals surface area contributed by atoms with Gasteiger partial charge in [0.25, 0.3) is 5.91 Å². The molecule has 1 amide bonds. The number of hydrogen-bond donors (Lipinski definition) is 2. The number of aromatic nitrogens is 2. The van der Waals surface area contributed by atoms with E-state index in [1.54, 1.807) is 6.07 Å². The van der Waals surface area contributed by atoms with Crippen molar-refractivity contribution >= 4 is 17.5 Å². The van der Waals surface area contributed by atoms with E-state index in [1.165, 1.54) is 0 Å². The van der Waals surface area contributed by atoms with E-state index in [0.29, 0.717) is 35.4 Å². The maximum atomic E-state index is 12.3. The van der Waals surface area contributed by atoms with Crippen LogP contribution in [0.1, 0.15) is 22.6 Å². The predicted octanol–water partition coefficient (Wildman–Crippen LogP) is 1.94. The molecule has 0 fully saturated rings. The minimum Gasteiger partial charge on any atom is -0.454 e. The van der Waals surface area contributed by atoms with E-state index in [0.717, 1.165) is 18.7 Å². The fourth-order valence-electron chi connectivity index (χ4n) is 2.53. The number of nitrogens with zero attached hydrogens (tertiary/aromatic N) is 3. The average Bonchev–Trinajstić information content (AvgIpc) is 3.05. The van der Waals surface area contributed by atoms with Crippen LogP contribution in [0.15, 0.2) is 24.3 Å². The lowest BCUT2D eigenvalue weighted by molar-refractivity contribution is 0.0947. The molecule has 1 aliphatic heterocycles. The van der Waals surface area contributed by atoms with Gasteiger partial charge in [0.1, 0.15) is 5.69 Å². The summed E-state index contributed by atoms with van der Waals surface area (Å²) in [6, 6.07) is 7.15. The van der Waals surface area contributed by atoms with Crippen molar-refractivity contribution in [3.8, 4) is 11.5 Å². The first-order valence-corrected chi connectivity index (χ1v) is 8.46. The number of nitrogens with one attached hydrogen (secondary N) is 2. The number of fused-ring (bicyclic) bond motifs is 1. The SMILES string of the molecule is Cc1cc(C(=O)NCCCN(C)C)nc(Nc2ccc3c(c2)OCO3)n1. The van der Waals surface area contributed by atoms with E-state index in [1.807, 2.05) is 39.2 Å². The van der Waals surface area contributed by atoms with E-state index >= 15 is 0 Å². The summed E-state index contributed by atoms with van der Waals surface area (Å²) in [5.41, 5.74) is 1.81. The molecule has 8 heteroatoms. The monoisotopic (exact) mass is 357 g/mol. The molecule has 0 atom stereocenters. The van der Waals surface area contributed by atoms with Crippen LogP contribution in [0.3, 0.4) is 0 Å². The lowest BCUT2D eigenvalue weighted by atomic mass is 10.3. The van der Waals surface area contributed by atoms with Gasteiger partial charge in [0.05, 0.1) is 0 Å². The molecule has 2 aromatic rings. The number of benzene rings is 1. The second-order valence-corrected chi connectivity index (χ2v) is 6.32. The van der Waals surface area contributed by atoms with Crippen LogP contribution < -0.4 is 20.1 Å². The third kappa shape index (κ3) is 4.60. The fraction of sp³-hybridized carbons (Fsp3) is 0.389. The minimum atomic E-state index is -0.206. The van der Waals surface area contributed by atoms with Crippen molar-refractivity contribution in [3.63, 3.8) is 0 Å². The summed E-state index contributed by atoms with van der Waals surface area (Å²) in [6.45, 7) is 3.57. The molecule has 0 radical (unpaired) electrons. The summed E-state index contributed by atoms with van der Waals surface area (Å²) in [7, 11) is 4.01. The molecule has 2 heterocycles. The molecule has 0 aliphatic carbocycles. The minimum absolute atomic E-state index is 0.206. The Morgan fingerprint density at radius 1 is 1.19 bits per heavy atom. The van der Waals surface area contributed by atoms with E-state index in [9.17, 15) is 4.79 Å². The van der Waals surface area contributed by atoms with Gasteiger partial charge in [0.2, 0.25) is 12.7 Å². The van der Waals surface area contributed by atoms with Crippen LogP contribution >= 0.6 is 0 Å². The Bertz CT molecular complexity index is 794. The summed E-state index contributed by atoms with van der Waals surface area (Å²) in [4.78, 5) is 23.1. The Morgan fingerprint density at radius 3 is 2.81 bits per heavy atom. The maximum absolute atomic E-state index is 12.3. The van der Waals surface area contributed by atoms with Crippen LogP contribution in [0.25, 0.3) is 0 Å². The van der Waals surface area contributed by atoms with Gasteiger partial charge >= 0.3 is 0 Å². The Kier molecular flexibility index (Phi) is 5.52. The van der Waals surface area contributed by atoms with Crippen molar-refractivity contribution in [2.75, 3.05) is 39.3 Å². The first-order chi connectivity index (χ1) is 12.5. The molecule has 0 spiro atoms. The summed E-state index contributed by atoms with van der Waals surface area (Å²) in [5.74, 6) is 1.53. The van der Waals surface area contributed by atoms with Crippen molar-refractivity contribution in [3.05, 3.63) is 35.7 Å². The second-order valence-electron chi connectivity index (χ2n) is 6.32. The van der Waals surface area contributed by atoms with E-state index in [4.69, 9.17) is 9.47 Å². The summed E-state index contributed by atoms with van der Waals surface area (Å²) in [5, 5.41) is 5.99. The van der Waals surface area contributed by atoms with Gasteiger partial charge in [-0.2, -0.15) is 0 Å². The fourth-order valence-corrected chi connectivity index (χ4v) is 2.53. The molecule has 1 aromatic heterocycles. The number of aryl methyl sites for hydroxylation is 1. The zero-order valence-electron chi connectivity index (χ0n) is 15.2. The number of hydrogen-bond acceptors (Lipinski definition) is 7. The van der Waals surface area contributed by atoms with Crippen molar-refractivity contribution in [2.24, 2.45) is 0 Å². The van der Waals surface area contributed by atoms with Gasteiger partial charge in [0, 0.05) is 24.0 Å². The lowest BCUT2D eigenvalue weighted by Crippen LogP contribution is -2.28. The standard InChI is InChI=1S/C18H23N5O3/c1-12-9-14(17(24)19-7-4-8-23(2)3)22-18(20-12)21-13-5-6-15-16(10-13)26-11-25-15/h5-6,9-10H,4,7-8,11H2,1-3H3,(H,19,24)(H,20,21,22). The number of carbonyl (C=O) groups excluding carboxylic acids is 1. The molecule has 138 valence electrons. The average molecular weight is 357 g/mol. The van der Waals surface area contributed by atoms with Gasteiger partial charge in [0.15, 0.2) is 11.5 Å². The van der Waals surface area contributed by atoms with Crippen LogP contribution in [0.4, 0.5) is 11.6 Å². The van der Waals surface area contributed by atoms with Gasteiger partial charge < -0.3 is 25.0 Å².